The number of methoxy groups -OCH3 is 1. The first-order chi connectivity index (χ1) is 13.7. The standard InChI is InChI=1S/C20H24N6O2/c1-28-17-3-4-18-15(12-17)11-16(24-18)13-23-19(27)14-25-7-9-26(10-8-25)20-21-5-2-6-22-20/h2-6,11-12,24H,7-10,13-14H2,1H3,(H,23,27). The van der Waals surface area contributed by atoms with E-state index in [1.165, 1.54) is 0 Å². The van der Waals surface area contributed by atoms with E-state index in [4.69, 9.17) is 4.74 Å². The molecule has 8 heteroatoms. The average molecular weight is 380 g/mol. The molecular formula is C20H24N6O2. The third kappa shape index (κ3) is 4.23. The number of fused-ring (bicyclic) bond motifs is 1. The SMILES string of the molecule is COc1ccc2[nH]c(CNC(=O)CN3CCN(c4ncccn4)CC3)cc2c1. The van der Waals surface area contributed by atoms with E-state index in [-0.39, 0.29) is 5.91 Å². The first-order valence-corrected chi connectivity index (χ1v) is 9.38. The van der Waals surface area contributed by atoms with Gasteiger partial charge in [0.1, 0.15) is 5.75 Å². The number of ether oxygens (including phenoxy) is 1. The highest BCUT2D eigenvalue weighted by atomic mass is 16.5. The van der Waals surface area contributed by atoms with E-state index in [2.05, 4.69) is 30.1 Å². The summed E-state index contributed by atoms with van der Waals surface area (Å²) >= 11 is 0. The number of carbonyl (C=O) groups excluding carboxylic acids is 1. The van der Waals surface area contributed by atoms with Gasteiger partial charge < -0.3 is 19.9 Å². The largest absolute Gasteiger partial charge is 0.497 e. The number of rotatable bonds is 6. The van der Waals surface area contributed by atoms with Crippen molar-refractivity contribution in [2.45, 2.75) is 6.54 Å². The molecule has 4 rings (SSSR count). The first-order valence-electron chi connectivity index (χ1n) is 9.38. The lowest BCUT2D eigenvalue weighted by Crippen LogP contribution is -2.49. The third-order valence-corrected chi connectivity index (χ3v) is 4.93. The van der Waals surface area contributed by atoms with Gasteiger partial charge in [-0.15, -0.1) is 0 Å². The molecule has 3 aromatic rings. The molecule has 0 aliphatic carbocycles. The molecule has 3 heterocycles. The molecule has 0 unspecified atom stereocenters. The molecule has 1 aliphatic heterocycles. The summed E-state index contributed by atoms with van der Waals surface area (Å²) in [5, 5.41) is 4.07. The molecule has 28 heavy (non-hydrogen) atoms. The second kappa shape index (κ2) is 8.26. The highest BCUT2D eigenvalue weighted by Gasteiger charge is 2.20. The van der Waals surface area contributed by atoms with Crippen molar-refractivity contribution < 1.29 is 9.53 Å². The summed E-state index contributed by atoms with van der Waals surface area (Å²) in [6.45, 7) is 4.16. The molecule has 0 atom stereocenters. The molecule has 146 valence electrons. The molecule has 8 nitrogen and oxygen atoms in total. The van der Waals surface area contributed by atoms with Crippen molar-refractivity contribution in [3.63, 3.8) is 0 Å². The number of aromatic nitrogens is 3. The van der Waals surface area contributed by atoms with Gasteiger partial charge >= 0.3 is 0 Å². The Balaban J connectivity index is 1.25. The van der Waals surface area contributed by atoms with Crippen molar-refractivity contribution in [1.29, 1.82) is 0 Å². The number of hydrogen-bond donors (Lipinski definition) is 2. The van der Waals surface area contributed by atoms with Crippen molar-refractivity contribution in [1.82, 2.24) is 25.2 Å². The van der Waals surface area contributed by atoms with Crippen LogP contribution in [-0.4, -0.2) is 65.6 Å². The fraction of sp³-hybridized carbons (Fsp3) is 0.350. The molecule has 1 saturated heterocycles. The number of piperazine rings is 1. The predicted molar refractivity (Wildman–Crippen MR) is 107 cm³/mol. The van der Waals surface area contributed by atoms with Crippen molar-refractivity contribution in [3.8, 4) is 5.75 Å². The van der Waals surface area contributed by atoms with Gasteiger partial charge in [-0.05, 0) is 30.3 Å². The summed E-state index contributed by atoms with van der Waals surface area (Å²) in [5.74, 6) is 1.60. The Kier molecular flexibility index (Phi) is 5.38. The lowest BCUT2D eigenvalue weighted by molar-refractivity contribution is -0.122. The zero-order chi connectivity index (χ0) is 19.3. The van der Waals surface area contributed by atoms with Crippen LogP contribution in [0.25, 0.3) is 10.9 Å². The van der Waals surface area contributed by atoms with Crippen molar-refractivity contribution in [3.05, 3.63) is 48.4 Å². The Morgan fingerprint density at radius 2 is 1.96 bits per heavy atom. The molecule has 1 fully saturated rings. The normalized spacial score (nSPS) is 15.0. The van der Waals surface area contributed by atoms with Gasteiger partial charge in [0.25, 0.3) is 0 Å². The van der Waals surface area contributed by atoms with Crippen LogP contribution in [0.3, 0.4) is 0 Å². The van der Waals surface area contributed by atoms with Gasteiger partial charge in [-0.25, -0.2) is 9.97 Å². The van der Waals surface area contributed by atoms with Crippen molar-refractivity contribution in [2.75, 3.05) is 44.7 Å². The summed E-state index contributed by atoms with van der Waals surface area (Å²) in [6.07, 6.45) is 3.50. The average Bonchev–Trinajstić information content (AvgIpc) is 3.15. The molecular weight excluding hydrogens is 356 g/mol. The van der Waals surface area contributed by atoms with Gasteiger partial charge in [-0.2, -0.15) is 0 Å². The van der Waals surface area contributed by atoms with Crippen LogP contribution in [0, 0.1) is 0 Å². The Morgan fingerprint density at radius 3 is 2.71 bits per heavy atom. The minimum Gasteiger partial charge on any atom is -0.497 e. The zero-order valence-electron chi connectivity index (χ0n) is 15.9. The maximum atomic E-state index is 12.3. The Bertz CT molecular complexity index is 934. The molecule has 0 bridgehead atoms. The topological polar surface area (TPSA) is 86.4 Å². The highest BCUT2D eigenvalue weighted by Crippen LogP contribution is 2.21. The predicted octanol–water partition coefficient (Wildman–Crippen LogP) is 1.40. The van der Waals surface area contributed by atoms with E-state index in [0.717, 1.165) is 54.5 Å². The van der Waals surface area contributed by atoms with E-state index in [9.17, 15) is 4.79 Å². The minimum absolute atomic E-state index is 0.0284. The molecule has 0 spiro atoms. The van der Waals surface area contributed by atoms with Crippen molar-refractivity contribution >= 4 is 22.8 Å². The van der Waals surface area contributed by atoms with Crippen LogP contribution in [0.2, 0.25) is 0 Å². The monoisotopic (exact) mass is 380 g/mol. The Hall–Kier alpha value is -3.13. The lowest BCUT2D eigenvalue weighted by atomic mass is 10.2. The maximum Gasteiger partial charge on any atom is 0.234 e. The lowest BCUT2D eigenvalue weighted by Gasteiger charge is -2.34. The molecule has 2 N–H and O–H groups in total. The molecule has 2 aromatic heterocycles. The van der Waals surface area contributed by atoms with Gasteiger partial charge in [0.15, 0.2) is 0 Å². The van der Waals surface area contributed by atoms with E-state index >= 15 is 0 Å². The van der Waals surface area contributed by atoms with Crippen LogP contribution < -0.4 is 15.0 Å². The van der Waals surface area contributed by atoms with Gasteiger partial charge in [-0.1, -0.05) is 0 Å². The smallest absolute Gasteiger partial charge is 0.234 e. The van der Waals surface area contributed by atoms with Gasteiger partial charge in [-0.3, -0.25) is 9.69 Å². The van der Waals surface area contributed by atoms with Crippen LogP contribution in [0.5, 0.6) is 5.75 Å². The summed E-state index contributed by atoms with van der Waals surface area (Å²) in [7, 11) is 1.65. The number of carbonyl (C=O) groups is 1. The maximum absolute atomic E-state index is 12.3. The molecule has 1 aromatic carbocycles. The van der Waals surface area contributed by atoms with Crippen LogP contribution in [-0.2, 0) is 11.3 Å². The zero-order valence-corrected chi connectivity index (χ0v) is 15.9. The van der Waals surface area contributed by atoms with E-state index < -0.39 is 0 Å². The first kappa shape index (κ1) is 18.2. The Labute approximate surface area is 163 Å². The second-order valence-electron chi connectivity index (χ2n) is 6.84. The summed E-state index contributed by atoms with van der Waals surface area (Å²) in [6, 6.07) is 9.73. The molecule has 0 radical (unpaired) electrons. The number of anilines is 1. The fourth-order valence-corrected chi connectivity index (χ4v) is 3.41. The molecule has 1 aliphatic rings. The number of nitrogens with zero attached hydrogens (tertiary/aromatic N) is 4. The number of aromatic amines is 1. The summed E-state index contributed by atoms with van der Waals surface area (Å²) in [5.41, 5.74) is 2.01. The number of benzene rings is 1. The molecule has 1 amide bonds. The summed E-state index contributed by atoms with van der Waals surface area (Å²) in [4.78, 5) is 28.5. The number of amides is 1. The van der Waals surface area contributed by atoms with Crippen LogP contribution in [0.1, 0.15) is 5.69 Å². The van der Waals surface area contributed by atoms with Crippen LogP contribution >= 0.6 is 0 Å². The quantitative estimate of drug-likeness (QED) is 0.672. The van der Waals surface area contributed by atoms with E-state index in [1.54, 1.807) is 19.5 Å². The number of H-pyrrole nitrogens is 1. The molecule has 0 saturated carbocycles. The number of hydrogen-bond acceptors (Lipinski definition) is 6. The summed E-state index contributed by atoms with van der Waals surface area (Å²) < 4.78 is 5.25. The highest BCUT2D eigenvalue weighted by molar-refractivity contribution is 5.82. The van der Waals surface area contributed by atoms with Gasteiger partial charge in [0.2, 0.25) is 11.9 Å². The van der Waals surface area contributed by atoms with Crippen LogP contribution in [0.15, 0.2) is 42.7 Å². The fourth-order valence-electron chi connectivity index (χ4n) is 3.41. The van der Waals surface area contributed by atoms with E-state index in [0.29, 0.717) is 13.1 Å². The van der Waals surface area contributed by atoms with Crippen molar-refractivity contribution in [2.24, 2.45) is 0 Å². The Morgan fingerprint density at radius 1 is 1.18 bits per heavy atom. The minimum atomic E-state index is 0.0284. The third-order valence-electron chi connectivity index (χ3n) is 4.93. The van der Waals surface area contributed by atoms with Gasteiger partial charge in [0, 0.05) is 55.2 Å². The second-order valence-corrected chi connectivity index (χ2v) is 6.84. The van der Waals surface area contributed by atoms with Gasteiger partial charge in [0.05, 0.1) is 20.2 Å². The number of nitrogens with one attached hydrogen (secondary N) is 2. The van der Waals surface area contributed by atoms with E-state index in [1.807, 2.05) is 30.3 Å². The van der Waals surface area contributed by atoms with Crippen LogP contribution in [0.4, 0.5) is 5.95 Å².